The van der Waals surface area contributed by atoms with Gasteiger partial charge in [-0.3, -0.25) is 24.6 Å². The number of rotatable bonds is 13. The number of thioether (sulfide) groups is 1. The maximum Gasteiger partial charge on any atom is 0.255 e. The van der Waals surface area contributed by atoms with Crippen molar-refractivity contribution in [2.45, 2.75) is 62.9 Å². The van der Waals surface area contributed by atoms with Gasteiger partial charge < -0.3 is 14.9 Å². The van der Waals surface area contributed by atoms with Crippen LogP contribution < -0.4 is 10.2 Å². The molecule has 0 aliphatic carbocycles. The summed E-state index contributed by atoms with van der Waals surface area (Å²) < 4.78 is 0. The van der Waals surface area contributed by atoms with Gasteiger partial charge in [-0.25, -0.2) is 0 Å². The van der Waals surface area contributed by atoms with Crippen LogP contribution in [0.2, 0.25) is 0 Å². The molecule has 0 aromatic heterocycles. The molecule has 3 heterocycles. The molecule has 3 amide bonds. The van der Waals surface area contributed by atoms with Crippen LogP contribution in [0.15, 0.2) is 102 Å². The third kappa shape index (κ3) is 8.53. The van der Waals surface area contributed by atoms with E-state index in [4.69, 9.17) is 0 Å². The predicted molar refractivity (Wildman–Crippen MR) is 213 cm³/mol. The van der Waals surface area contributed by atoms with Crippen LogP contribution in [0.4, 0.5) is 5.69 Å². The van der Waals surface area contributed by atoms with Crippen molar-refractivity contribution in [1.29, 1.82) is 0 Å². The summed E-state index contributed by atoms with van der Waals surface area (Å²) in [6.07, 6.45) is 5.12. The fourth-order valence-electron chi connectivity index (χ4n) is 7.82. The van der Waals surface area contributed by atoms with Gasteiger partial charge in [0.2, 0.25) is 11.8 Å². The Balaban J connectivity index is 0.852. The van der Waals surface area contributed by atoms with E-state index in [9.17, 15) is 19.5 Å². The normalized spacial score (nSPS) is 18.2. The lowest BCUT2D eigenvalue weighted by atomic mass is 9.88. The predicted octanol–water partition coefficient (Wildman–Crippen LogP) is 7.61. The maximum absolute atomic E-state index is 13.1. The van der Waals surface area contributed by atoms with Crippen LogP contribution in [-0.2, 0) is 16.1 Å². The molecule has 4 aromatic rings. The van der Waals surface area contributed by atoms with Crippen LogP contribution in [-0.4, -0.2) is 77.1 Å². The Morgan fingerprint density at radius 3 is 2.23 bits per heavy atom. The first-order chi connectivity index (χ1) is 25.9. The summed E-state index contributed by atoms with van der Waals surface area (Å²) in [4.78, 5) is 44.9. The van der Waals surface area contributed by atoms with Crippen LogP contribution >= 0.6 is 11.8 Å². The molecular formula is C44H48N4O4S. The molecule has 0 spiro atoms. The number of unbranched alkanes of at least 4 members (excludes halogenated alkanes) is 2. The zero-order valence-corrected chi connectivity index (χ0v) is 31.2. The minimum atomic E-state index is -0.585. The van der Waals surface area contributed by atoms with Crippen molar-refractivity contribution < 1.29 is 19.5 Å². The Morgan fingerprint density at radius 2 is 1.53 bits per heavy atom. The number of imide groups is 1. The average Bonchev–Trinajstić information content (AvgIpc) is 3.51. The minimum Gasteiger partial charge on any atom is -0.508 e. The van der Waals surface area contributed by atoms with Gasteiger partial charge in [-0.2, -0.15) is 0 Å². The fourth-order valence-corrected chi connectivity index (χ4v) is 8.73. The number of fused-ring (bicyclic) bond motifs is 1. The van der Waals surface area contributed by atoms with E-state index < -0.39 is 6.04 Å². The van der Waals surface area contributed by atoms with Crippen LogP contribution in [0.3, 0.4) is 0 Å². The van der Waals surface area contributed by atoms with Crippen molar-refractivity contribution >= 4 is 46.3 Å². The summed E-state index contributed by atoms with van der Waals surface area (Å²) in [5.74, 6) is 0.604. The molecule has 9 heteroatoms. The number of piperazine rings is 1. The molecule has 2 fully saturated rings. The lowest BCUT2D eigenvalue weighted by Crippen LogP contribution is -2.52. The summed E-state index contributed by atoms with van der Waals surface area (Å²) in [6.45, 7) is 7.66. The van der Waals surface area contributed by atoms with Crippen molar-refractivity contribution in [2.24, 2.45) is 0 Å². The second kappa shape index (κ2) is 16.9. The molecule has 2 N–H and O–H groups in total. The highest BCUT2D eigenvalue weighted by molar-refractivity contribution is 7.99. The number of benzene rings is 4. The third-order valence-corrected chi connectivity index (χ3v) is 11.8. The number of allylic oxidation sites excluding steroid dienone is 1. The minimum absolute atomic E-state index is 0.125. The molecule has 7 rings (SSSR count). The van der Waals surface area contributed by atoms with Crippen LogP contribution in [0.1, 0.15) is 78.1 Å². The number of phenolic OH excluding ortho intramolecular Hbond substituents is 1. The van der Waals surface area contributed by atoms with E-state index in [0.29, 0.717) is 18.5 Å². The van der Waals surface area contributed by atoms with Crippen molar-refractivity contribution in [2.75, 3.05) is 43.4 Å². The molecular weight excluding hydrogens is 681 g/mol. The first-order valence-electron chi connectivity index (χ1n) is 18.9. The number of amides is 3. The summed E-state index contributed by atoms with van der Waals surface area (Å²) in [7, 11) is 0. The number of carbonyl (C=O) groups is 3. The van der Waals surface area contributed by atoms with Gasteiger partial charge >= 0.3 is 0 Å². The topological polar surface area (TPSA) is 93.2 Å². The number of aromatic hydroxyl groups is 1. The maximum atomic E-state index is 13.1. The van der Waals surface area contributed by atoms with Crippen molar-refractivity contribution in [1.82, 2.24) is 15.1 Å². The molecule has 3 aliphatic heterocycles. The largest absolute Gasteiger partial charge is 0.508 e. The van der Waals surface area contributed by atoms with Gasteiger partial charge in [0.15, 0.2) is 0 Å². The second-order valence-corrected chi connectivity index (χ2v) is 15.3. The third-order valence-electron chi connectivity index (χ3n) is 10.7. The smallest absolute Gasteiger partial charge is 0.255 e. The highest BCUT2D eigenvalue weighted by Crippen LogP contribution is 2.36. The summed E-state index contributed by atoms with van der Waals surface area (Å²) >= 11 is 1.92. The molecule has 2 saturated heterocycles. The highest BCUT2D eigenvalue weighted by atomic mass is 32.2. The first kappa shape index (κ1) is 36.5. The summed E-state index contributed by atoms with van der Waals surface area (Å²) in [5.41, 5.74) is 8.75. The number of nitrogens with one attached hydrogen (secondary N) is 1. The van der Waals surface area contributed by atoms with Gasteiger partial charge in [-0.15, -0.1) is 11.8 Å². The van der Waals surface area contributed by atoms with E-state index in [1.807, 2.05) is 36.0 Å². The van der Waals surface area contributed by atoms with Crippen molar-refractivity contribution in [3.63, 3.8) is 0 Å². The molecule has 8 nitrogen and oxygen atoms in total. The number of nitrogens with zero attached hydrogens (tertiary/aromatic N) is 3. The first-order valence-corrected chi connectivity index (χ1v) is 19.9. The number of carbonyl (C=O) groups excluding carboxylic acids is 3. The van der Waals surface area contributed by atoms with Gasteiger partial charge in [0.25, 0.3) is 5.91 Å². The molecule has 0 bridgehead atoms. The standard InChI is InChI=1S/C44H48N4O4S/c1-2-38(31-9-5-3-6-10-31)42(32-11-16-36(49)17-12-32)33-13-18-37(19-14-33)53-28-8-4-7-23-46-24-26-47(27-25-46)35-15-20-39-34(29-35)30-48(44(39)52)40-21-22-41(50)45-43(40)51/h3,5-6,9-20,29,40,49H,2,4,7-8,21-28,30H2,1H3,(H,45,50,51). The summed E-state index contributed by atoms with van der Waals surface area (Å²) in [5, 5.41) is 12.3. The van der Waals surface area contributed by atoms with Gasteiger partial charge in [0.05, 0.1) is 0 Å². The fraction of sp³-hybridized carbons (Fsp3) is 0.341. The molecule has 0 radical (unpaired) electrons. The number of hydrogen-bond acceptors (Lipinski definition) is 7. The van der Waals surface area contributed by atoms with E-state index in [2.05, 4.69) is 82.7 Å². The van der Waals surface area contributed by atoms with Gasteiger partial charge in [-0.1, -0.05) is 67.9 Å². The van der Waals surface area contributed by atoms with Gasteiger partial charge in [0, 0.05) is 55.3 Å². The number of phenols is 1. The Hall–Kier alpha value is -4.86. The number of hydrogen-bond donors (Lipinski definition) is 2. The molecule has 4 aromatic carbocycles. The zero-order chi connectivity index (χ0) is 36.7. The molecule has 3 aliphatic rings. The van der Waals surface area contributed by atoms with Crippen LogP contribution in [0, 0.1) is 0 Å². The Labute approximate surface area is 316 Å². The molecule has 274 valence electrons. The van der Waals surface area contributed by atoms with Gasteiger partial charge in [0.1, 0.15) is 11.8 Å². The average molecular weight is 729 g/mol. The summed E-state index contributed by atoms with van der Waals surface area (Å²) in [6, 6.07) is 32.5. The number of piperidine rings is 1. The lowest BCUT2D eigenvalue weighted by molar-refractivity contribution is -0.136. The van der Waals surface area contributed by atoms with Crippen molar-refractivity contribution in [3.05, 3.63) is 125 Å². The van der Waals surface area contributed by atoms with Gasteiger partial charge in [-0.05, 0) is 114 Å². The van der Waals surface area contributed by atoms with E-state index in [0.717, 1.165) is 61.7 Å². The van der Waals surface area contributed by atoms with E-state index in [1.165, 1.54) is 46.4 Å². The Morgan fingerprint density at radius 1 is 0.811 bits per heavy atom. The van der Waals surface area contributed by atoms with Crippen LogP contribution in [0.5, 0.6) is 5.75 Å². The Kier molecular flexibility index (Phi) is 11.6. The monoisotopic (exact) mass is 728 g/mol. The molecule has 0 saturated carbocycles. The Bertz CT molecular complexity index is 1950. The molecule has 1 unspecified atom stereocenters. The highest BCUT2D eigenvalue weighted by Gasteiger charge is 2.39. The quantitative estimate of drug-likeness (QED) is 0.0634. The van der Waals surface area contributed by atoms with Crippen LogP contribution in [0.25, 0.3) is 11.1 Å². The molecule has 53 heavy (non-hydrogen) atoms. The number of anilines is 1. The van der Waals surface area contributed by atoms with Crippen molar-refractivity contribution in [3.8, 4) is 5.75 Å². The van der Waals surface area contributed by atoms with E-state index in [1.54, 1.807) is 17.0 Å². The second-order valence-electron chi connectivity index (χ2n) is 14.1. The van der Waals surface area contributed by atoms with E-state index in [-0.39, 0.29) is 29.9 Å². The zero-order valence-electron chi connectivity index (χ0n) is 30.4. The SMILES string of the molecule is CCC(=C(c1ccc(O)cc1)c1ccc(SCCCCCN2CCN(c3ccc4c(c3)CN(C3CCC(=O)NC3=O)C4=O)CC2)cc1)c1ccccc1. The van der Waals surface area contributed by atoms with E-state index >= 15 is 0 Å². The molecule has 1 atom stereocenters. The lowest BCUT2D eigenvalue weighted by Gasteiger charge is -2.36.